The summed E-state index contributed by atoms with van der Waals surface area (Å²) in [5, 5.41) is 7.79. The number of aromatic nitrogens is 5. The van der Waals surface area contributed by atoms with Crippen molar-refractivity contribution < 1.29 is 8.78 Å². The summed E-state index contributed by atoms with van der Waals surface area (Å²) in [6.07, 6.45) is 3.80. The second-order valence-electron chi connectivity index (χ2n) is 8.60. The molecule has 3 aromatic rings. The van der Waals surface area contributed by atoms with Crippen molar-refractivity contribution in [2.24, 2.45) is 0 Å². The van der Waals surface area contributed by atoms with Gasteiger partial charge in [-0.3, -0.25) is 4.79 Å². The number of rotatable bonds is 4. The topological polar surface area (TPSA) is 79.7 Å². The van der Waals surface area contributed by atoms with E-state index < -0.39 is 5.92 Å². The first-order valence-corrected chi connectivity index (χ1v) is 11.2. The maximum absolute atomic E-state index is 13.6. The molecule has 1 N–H and O–H groups in total. The van der Waals surface area contributed by atoms with Gasteiger partial charge in [0.15, 0.2) is 10.8 Å². The Kier molecular flexibility index (Phi) is 4.64. The molecule has 5 rings (SSSR count). The summed E-state index contributed by atoms with van der Waals surface area (Å²) in [7, 11) is 3.94. The van der Waals surface area contributed by atoms with Crippen LogP contribution in [0.1, 0.15) is 67.9 Å². The highest BCUT2D eigenvalue weighted by atomic mass is 32.1. The van der Waals surface area contributed by atoms with Crippen molar-refractivity contribution in [2.75, 3.05) is 19.0 Å². The minimum Gasteiger partial charge on any atom is -0.354 e. The minimum absolute atomic E-state index is 0.0956. The van der Waals surface area contributed by atoms with Gasteiger partial charge >= 0.3 is 0 Å². The fraction of sp³-hybridized carbons (Fsp3) is 0.600. The molecule has 0 saturated heterocycles. The number of nitrogens with zero attached hydrogens (tertiary/aromatic N) is 5. The summed E-state index contributed by atoms with van der Waals surface area (Å²) in [5.74, 6) is -1.64. The number of hydrogen-bond acceptors (Lipinski definition) is 6. The van der Waals surface area contributed by atoms with Gasteiger partial charge in [-0.25, -0.2) is 23.4 Å². The number of nitrogens with one attached hydrogen (secondary N) is 1. The molecule has 30 heavy (non-hydrogen) atoms. The molecule has 7 nitrogen and oxygen atoms in total. The number of H-pyrrole nitrogens is 1. The van der Waals surface area contributed by atoms with Crippen molar-refractivity contribution in [3.8, 4) is 0 Å². The molecule has 0 radical (unpaired) electrons. The van der Waals surface area contributed by atoms with Crippen molar-refractivity contribution >= 4 is 27.5 Å². The highest BCUT2D eigenvalue weighted by Gasteiger charge is 2.39. The summed E-state index contributed by atoms with van der Waals surface area (Å²) in [5.41, 5.74) is 1.31. The van der Waals surface area contributed by atoms with Crippen LogP contribution in [0.5, 0.6) is 0 Å². The van der Waals surface area contributed by atoms with Crippen LogP contribution in [0, 0.1) is 0 Å². The van der Waals surface area contributed by atoms with Crippen LogP contribution in [0.15, 0.2) is 16.4 Å². The molecule has 2 atom stereocenters. The Morgan fingerprint density at radius 3 is 2.53 bits per heavy atom. The fourth-order valence-electron chi connectivity index (χ4n) is 4.50. The van der Waals surface area contributed by atoms with Crippen molar-refractivity contribution in [1.82, 2.24) is 24.7 Å². The monoisotopic (exact) mass is 434 g/mol. The molecular formula is C20H24F2N6OS. The lowest BCUT2D eigenvalue weighted by atomic mass is 9.71. The van der Waals surface area contributed by atoms with E-state index in [1.807, 2.05) is 19.0 Å². The van der Waals surface area contributed by atoms with E-state index in [1.54, 1.807) is 16.0 Å². The normalized spacial score (nSPS) is 24.1. The van der Waals surface area contributed by atoms with Gasteiger partial charge < -0.3 is 9.88 Å². The zero-order valence-corrected chi connectivity index (χ0v) is 17.8. The predicted octanol–water partition coefficient (Wildman–Crippen LogP) is 4.05. The Balaban J connectivity index is 1.46. The Hall–Kier alpha value is -2.36. The molecule has 10 heteroatoms. The Morgan fingerprint density at radius 1 is 1.17 bits per heavy atom. The van der Waals surface area contributed by atoms with Gasteiger partial charge in [-0.15, -0.1) is 11.3 Å². The SMILES string of the molecule is CN(C)c1nc([C@H]2CC[C@H]2c2nc3c(cnn3C3CCC(F)(F)CC3)c(=O)[nH]2)cs1. The quantitative estimate of drug-likeness (QED) is 0.670. The first kappa shape index (κ1) is 19.6. The molecule has 0 aliphatic heterocycles. The highest BCUT2D eigenvalue weighted by Crippen LogP contribution is 2.48. The number of alkyl halides is 2. The Labute approximate surface area is 176 Å². The first-order valence-electron chi connectivity index (χ1n) is 10.3. The van der Waals surface area contributed by atoms with E-state index >= 15 is 0 Å². The molecule has 2 saturated carbocycles. The summed E-state index contributed by atoms with van der Waals surface area (Å²) in [6.45, 7) is 0. The van der Waals surface area contributed by atoms with Crippen LogP contribution in [-0.4, -0.2) is 44.8 Å². The molecule has 2 fully saturated rings. The number of hydrogen-bond donors (Lipinski definition) is 1. The third-order valence-corrected chi connectivity index (χ3v) is 7.44. The van der Waals surface area contributed by atoms with E-state index in [0.717, 1.165) is 23.7 Å². The Morgan fingerprint density at radius 2 is 1.90 bits per heavy atom. The van der Waals surface area contributed by atoms with Gasteiger partial charge in [0.1, 0.15) is 11.2 Å². The third kappa shape index (κ3) is 3.30. The standard InChI is InChI=1S/C20H24F2N6OS/c1-27(2)19-24-15(10-30-19)12-3-4-13(12)16-25-17-14(18(29)26-16)9-23-28(17)11-5-7-20(21,22)8-6-11/h9-13H,3-8H2,1-2H3,(H,25,26,29)/t12-,13+/m0/s1. The maximum atomic E-state index is 13.6. The molecule has 0 unspecified atom stereocenters. The van der Waals surface area contributed by atoms with E-state index in [2.05, 4.69) is 15.5 Å². The van der Waals surface area contributed by atoms with E-state index in [-0.39, 0.29) is 36.3 Å². The zero-order valence-electron chi connectivity index (χ0n) is 16.9. The van der Waals surface area contributed by atoms with Crippen LogP contribution < -0.4 is 10.5 Å². The average molecular weight is 435 g/mol. The van der Waals surface area contributed by atoms with Gasteiger partial charge in [0, 0.05) is 44.2 Å². The summed E-state index contributed by atoms with van der Waals surface area (Å²) < 4.78 is 28.8. The lowest BCUT2D eigenvalue weighted by Crippen LogP contribution is -2.28. The van der Waals surface area contributed by atoms with Gasteiger partial charge in [-0.2, -0.15) is 5.10 Å². The van der Waals surface area contributed by atoms with Crippen LogP contribution >= 0.6 is 11.3 Å². The van der Waals surface area contributed by atoms with Gasteiger partial charge in [0.2, 0.25) is 5.92 Å². The van der Waals surface area contributed by atoms with Gasteiger partial charge in [0.05, 0.1) is 17.9 Å². The first-order chi connectivity index (χ1) is 14.3. The average Bonchev–Trinajstić information content (AvgIpc) is 3.29. The molecule has 0 amide bonds. The lowest BCUT2D eigenvalue weighted by Gasteiger charge is -2.34. The molecular weight excluding hydrogens is 410 g/mol. The molecule has 2 aliphatic rings. The molecule has 3 heterocycles. The van der Waals surface area contributed by atoms with Crippen LogP contribution in [0.2, 0.25) is 0 Å². The second-order valence-corrected chi connectivity index (χ2v) is 9.44. The highest BCUT2D eigenvalue weighted by molar-refractivity contribution is 7.13. The second kappa shape index (κ2) is 7.11. The smallest absolute Gasteiger partial charge is 0.262 e. The zero-order chi connectivity index (χ0) is 21.0. The van der Waals surface area contributed by atoms with Crippen LogP contribution in [0.4, 0.5) is 13.9 Å². The van der Waals surface area contributed by atoms with Crippen molar-refractivity contribution in [1.29, 1.82) is 0 Å². The molecule has 0 aromatic carbocycles. The van der Waals surface area contributed by atoms with E-state index in [9.17, 15) is 13.6 Å². The van der Waals surface area contributed by atoms with Crippen LogP contribution in [0.25, 0.3) is 11.0 Å². The maximum Gasteiger partial charge on any atom is 0.262 e. The van der Waals surface area contributed by atoms with E-state index in [4.69, 9.17) is 9.97 Å². The number of halogens is 2. The number of aromatic amines is 1. The Bertz CT molecular complexity index is 1130. The fourth-order valence-corrected chi connectivity index (χ4v) is 5.32. The molecule has 160 valence electrons. The van der Waals surface area contributed by atoms with Crippen LogP contribution in [-0.2, 0) is 0 Å². The van der Waals surface area contributed by atoms with Crippen LogP contribution in [0.3, 0.4) is 0 Å². The molecule has 0 bridgehead atoms. The van der Waals surface area contributed by atoms with Crippen molar-refractivity contribution in [3.63, 3.8) is 0 Å². The van der Waals surface area contributed by atoms with E-state index in [0.29, 0.717) is 29.7 Å². The number of anilines is 1. The van der Waals surface area contributed by atoms with Gasteiger partial charge in [0.25, 0.3) is 5.56 Å². The summed E-state index contributed by atoms with van der Waals surface area (Å²) in [6, 6.07) is -0.150. The molecule has 2 aliphatic carbocycles. The number of thiazole rings is 1. The van der Waals surface area contributed by atoms with E-state index in [1.165, 1.54) is 6.20 Å². The molecule has 0 spiro atoms. The predicted molar refractivity (Wildman–Crippen MR) is 112 cm³/mol. The summed E-state index contributed by atoms with van der Waals surface area (Å²) in [4.78, 5) is 27.1. The van der Waals surface area contributed by atoms with Gasteiger partial charge in [-0.05, 0) is 25.7 Å². The molecule has 3 aromatic heterocycles. The van der Waals surface area contributed by atoms with Crippen molar-refractivity contribution in [2.45, 2.75) is 62.3 Å². The largest absolute Gasteiger partial charge is 0.354 e. The third-order valence-electron chi connectivity index (χ3n) is 6.41. The van der Waals surface area contributed by atoms with Crippen molar-refractivity contribution in [3.05, 3.63) is 33.4 Å². The van der Waals surface area contributed by atoms with Gasteiger partial charge in [-0.1, -0.05) is 0 Å². The lowest BCUT2D eigenvalue weighted by molar-refractivity contribution is -0.0446. The number of fused-ring (bicyclic) bond motifs is 1. The summed E-state index contributed by atoms with van der Waals surface area (Å²) >= 11 is 1.61. The minimum atomic E-state index is -2.60.